The van der Waals surface area contributed by atoms with Gasteiger partial charge < -0.3 is 4.65 Å². The zero-order chi connectivity index (χ0) is 8.81. The monoisotopic (exact) mass is 180 g/mol. The largest absolute Gasteiger partial charge is 0.428 e. The van der Waals surface area contributed by atoms with E-state index in [0.29, 0.717) is 0 Å². The van der Waals surface area contributed by atoms with Crippen LogP contribution < -0.4 is 0 Å². The molecule has 0 N–H and O–H groups in total. The molecule has 1 rings (SSSR count). The molecule has 0 bridgehead atoms. The lowest BCUT2D eigenvalue weighted by Gasteiger charge is -2.07. The second kappa shape index (κ2) is 5.28. The van der Waals surface area contributed by atoms with Crippen molar-refractivity contribution in [3.63, 3.8) is 0 Å². The lowest BCUT2D eigenvalue weighted by atomic mass is 9.87. The summed E-state index contributed by atoms with van der Waals surface area (Å²) in [6.07, 6.45) is 3.34. The van der Waals surface area contributed by atoms with Gasteiger partial charge in [0.1, 0.15) is 0 Å². The summed E-state index contributed by atoms with van der Waals surface area (Å²) >= 11 is 1.74. The molecule has 0 heterocycles. The first kappa shape index (κ1) is 9.68. The molecule has 0 aromatic heterocycles. The summed E-state index contributed by atoms with van der Waals surface area (Å²) in [5, 5.41) is 0. The maximum atomic E-state index is 5.27. The van der Waals surface area contributed by atoms with Crippen molar-refractivity contribution in [1.29, 1.82) is 0 Å². The third-order valence-electron chi connectivity index (χ3n) is 1.77. The predicted octanol–water partition coefficient (Wildman–Crippen LogP) is 2.27. The molecule has 0 fully saturated rings. The molecule has 1 aromatic rings. The van der Waals surface area contributed by atoms with Gasteiger partial charge in [-0.05, 0) is 12.6 Å². The third kappa shape index (κ3) is 2.91. The van der Waals surface area contributed by atoms with Gasteiger partial charge in [-0.1, -0.05) is 35.9 Å². The van der Waals surface area contributed by atoms with Crippen LogP contribution in [-0.4, -0.2) is 19.6 Å². The van der Waals surface area contributed by atoms with Crippen LogP contribution >= 0.6 is 11.6 Å². The van der Waals surface area contributed by atoms with Gasteiger partial charge in [0, 0.05) is 7.11 Å². The SMILES string of the molecule is COB(Cc1ccccc1)SC. The molecule has 0 radical (unpaired) electrons. The molecule has 0 spiro atoms. The van der Waals surface area contributed by atoms with Crippen LogP contribution in [0.2, 0.25) is 0 Å². The van der Waals surface area contributed by atoms with Crippen LogP contribution in [0.5, 0.6) is 0 Å². The number of hydrogen-bond acceptors (Lipinski definition) is 2. The van der Waals surface area contributed by atoms with E-state index < -0.39 is 0 Å². The van der Waals surface area contributed by atoms with Crippen LogP contribution in [0.4, 0.5) is 0 Å². The van der Waals surface area contributed by atoms with Crippen molar-refractivity contribution in [2.75, 3.05) is 13.4 Å². The first-order valence-corrected chi connectivity index (χ1v) is 5.25. The second-order valence-electron chi connectivity index (χ2n) is 2.59. The van der Waals surface area contributed by atoms with Crippen molar-refractivity contribution in [1.82, 2.24) is 0 Å². The molecule has 1 aromatic carbocycles. The Bertz CT molecular complexity index is 211. The van der Waals surface area contributed by atoms with Crippen molar-refractivity contribution in [3.05, 3.63) is 35.9 Å². The van der Waals surface area contributed by atoms with Gasteiger partial charge in [0.05, 0.1) is 0 Å². The Morgan fingerprint density at radius 2 is 2.00 bits per heavy atom. The Morgan fingerprint density at radius 1 is 1.33 bits per heavy atom. The zero-order valence-corrected chi connectivity index (χ0v) is 8.30. The highest BCUT2D eigenvalue weighted by Crippen LogP contribution is 2.09. The molecule has 0 aliphatic rings. The maximum absolute atomic E-state index is 5.27. The minimum Gasteiger partial charge on any atom is -0.428 e. The van der Waals surface area contributed by atoms with Gasteiger partial charge in [-0.25, -0.2) is 0 Å². The van der Waals surface area contributed by atoms with Crippen LogP contribution in [0.3, 0.4) is 0 Å². The van der Waals surface area contributed by atoms with E-state index in [9.17, 15) is 0 Å². The molecule has 0 aliphatic heterocycles. The molecule has 3 heteroatoms. The molecular formula is C9H13BOS. The standard InChI is InChI=1S/C9H13BOS/c1-11-10(12-2)8-9-6-4-3-5-7-9/h3-7H,8H2,1-2H3. The van der Waals surface area contributed by atoms with Crippen molar-refractivity contribution in [2.24, 2.45) is 0 Å². The quantitative estimate of drug-likeness (QED) is 0.657. The highest BCUT2D eigenvalue weighted by Gasteiger charge is 2.12. The Hall–Kier alpha value is -0.405. The second-order valence-corrected chi connectivity index (χ2v) is 3.59. The number of rotatable bonds is 4. The summed E-state index contributed by atoms with van der Waals surface area (Å²) in [7, 11) is 1.75. The molecule has 1 nitrogen and oxygen atoms in total. The smallest absolute Gasteiger partial charge is 0.365 e. The van der Waals surface area contributed by atoms with Gasteiger partial charge in [-0.3, -0.25) is 0 Å². The summed E-state index contributed by atoms with van der Waals surface area (Å²) in [6, 6.07) is 10.4. The van der Waals surface area contributed by atoms with E-state index in [1.54, 1.807) is 18.7 Å². The van der Waals surface area contributed by atoms with Crippen molar-refractivity contribution in [2.45, 2.75) is 6.32 Å². The van der Waals surface area contributed by atoms with E-state index in [-0.39, 0.29) is 6.19 Å². The van der Waals surface area contributed by atoms with Crippen LogP contribution in [0.25, 0.3) is 0 Å². The lowest BCUT2D eigenvalue weighted by molar-refractivity contribution is 0.435. The highest BCUT2D eigenvalue weighted by molar-refractivity contribution is 8.24. The van der Waals surface area contributed by atoms with Gasteiger partial charge in [0.25, 0.3) is 0 Å². The Labute approximate surface area is 78.5 Å². The summed E-state index contributed by atoms with van der Waals surface area (Å²) in [5.41, 5.74) is 1.33. The molecule has 0 atom stereocenters. The Kier molecular flexibility index (Phi) is 4.26. The van der Waals surface area contributed by atoms with Gasteiger partial charge >= 0.3 is 6.19 Å². The molecule has 12 heavy (non-hydrogen) atoms. The van der Waals surface area contributed by atoms with Crippen LogP contribution in [0, 0.1) is 0 Å². The maximum Gasteiger partial charge on any atom is 0.365 e. The highest BCUT2D eigenvalue weighted by atomic mass is 32.2. The minimum atomic E-state index is 0.285. The first-order chi connectivity index (χ1) is 5.86. The molecule has 0 amide bonds. The predicted molar refractivity (Wildman–Crippen MR) is 56.4 cm³/mol. The molecule has 0 saturated carbocycles. The average Bonchev–Trinajstić information content (AvgIpc) is 2.16. The summed E-state index contributed by atoms with van der Waals surface area (Å²) in [4.78, 5) is 0. The topological polar surface area (TPSA) is 9.23 Å². The van der Waals surface area contributed by atoms with Gasteiger partial charge in [0.2, 0.25) is 0 Å². The lowest BCUT2D eigenvalue weighted by Crippen LogP contribution is -2.14. The number of benzene rings is 1. The molecule has 0 unspecified atom stereocenters. The van der Waals surface area contributed by atoms with E-state index in [4.69, 9.17) is 4.65 Å². The van der Waals surface area contributed by atoms with Crippen molar-refractivity contribution >= 4 is 17.8 Å². The molecule has 0 aliphatic carbocycles. The van der Waals surface area contributed by atoms with E-state index in [2.05, 4.69) is 30.5 Å². The Morgan fingerprint density at radius 3 is 2.50 bits per heavy atom. The van der Waals surface area contributed by atoms with Gasteiger partial charge in [0.15, 0.2) is 0 Å². The van der Waals surface area contributed by atoms with E-state index in [1.165, 1.54) is 5.56 Å². The van der Waals surface area contributed by atoms with Crippen LogP contribution in [0.1, 0.15) is 5.56 Å². The average molecular weight is 180 g/mol. The van der Waals surface area contributed by atoms with Crippen molar-refractivity contribution < 1.29 is 4.65 Å². The summed E-state index contributed by atoms with van der Waals surface area (Å²) in [5.74, 6) is 0. The van der Waals surface area contributed by atoms with Gasteiger partial charge in [-0.2, -0.15) is 11.6 Å². The first-order valence-electron chi connectivity index (χ1n) is 3.96. The van der Waals surface area contributed by atoms with E-state index in [0.717, 1.165) is 6.32 Å². The number of hydrogen-bond donors (Lipinski definition) is 0. The summed E-state index contributed by atoms with van der Waals surface area (Å²) < 4.78 is 5.27. The molecular weight excluding hydrogens is 167 g/mol. The fourth-order valence-corrected chi connectivity index (χ4v) is 1.62. The fourth-order valence-electron chi connectivity index (χ4n) is 1.07. The third-order valence-corrected chi connectivity index (χ3v) is 2.66. The minimum absolute atomic E-state index is 0.285. The normalized spacial score (nSPS) is 9.83. The van der Waals surface area contributed by atoms with Crippen LogP contribution in [0.15, 0.2) is 30.3 Å². The summed E-state index contributed by atoms with van der Waals surface area (Å²) in [6.45, 7) is 0. The van der Waals surface area contributed by atoms with Crippen molar-refractivity contribution in [3.8, 4) is 0 Å². The molecule has 0 saturated heterocycles. The van der Waals surface area contributed by atoms with E-state index in [1.807, 2.05) is 6.07 Å². The fraction of sp³-hybridized carbons (Fsp3) is 0.333. The van der Waals surface area contributed by atoms with E-state index >= 15 is 0 Å². The zero-order valence-electron chi connectivity index (χ0n) is 7.49. The van der Waals surface area contributed by atoms with Gasteiger partial charge in [-0.15, -0.1) is 0 Å². The molecule has 64 valence electrons. The van der Waals surface area contributed by atoms with Crippen LogP contribution in [-0.2, 0) is 11.0 Å². The Balaban J connectivity index is 2.51.